The molecule has 10 aromatic carbocycles. The Morgan fingerprint density at radius 2 is 0.615 bits per heavy atom. The summed E-state index contributed by atoms with van der Waals surface area (Å²) in [6.45, 7) is 13.9. The minimum atomic E-state index is -3.97. The summed E-state index contributed by atoms with van der Waals surface area (Å²) < 4.78 is 54.7. The summed E-state index contributed by atoms with van der Waals surface area (Å²) in [4.78, 5) is 31.4. The summed E-state index contributed by atoms with van der Waals surface area (Å²) in [5.41, 5.74) is 16.5. The monoisotopic (exact) mass is 1480 g/mol. The van der Waals surface area contributed by atoms with Crippen LogP contribution >= 0.6 is 81.5 Å². The number of benzene rings is 10. The van der Waals surface area contributed by atoms with Gasteiger partial charge < -0.3 is 9.80 Å². The van der Waals surface area contributed by atoms with E-state index in [4.69, 9.17) is 0 Å². The molecular formula is C73H68Br2N2O6P6S2. The van der Waals surface area contributed by atoms with Crippen molar-refractivity contribution in [1.82, 2.24) is 0 Å². The Kier molecular flexibility index (Phi) is 18.9. The van der Waals surface area contributed by atoms with Gasteiger partial charge in [0.1, 0.15) is 0 Å². The lowest BCUT2D eigenvalue weighted by molar-refractivity contribution is 0.102. The molecule has 4 atom stereocenters. The minimum Gasteiger partial charge on any atom is -0.310 e. The number of halogens is 2. The van der Waals surface area contributed by atoms with Crippen molar-refractivity contribution < 1.29 is 26.4 Å². The van der Waals surface area contributed by atoms with Crippen LogP contribution < -0.4 is 9.80 Å². The zero-order valence-electron chi connectivity index (χ0n) is 50.1. The third-order valence-corrected chi connectivity index (χ3v) is 43.8. The van der Waals surface area contributed by atoms with Gasteiger partial charge in [0.2, 0.25) is 19.7 Å². The molecule has 0 saturated carbocycles. The Bertz CT molecular complexity index is 4460. The van der Waals surface area contributed by atoms with Gasteiger partial charge in [-0.05, 0) is 162 Å². The van der Waals surface area contributed by atoms with Gasteiger partial charge in [0.05, 0.1) is 42.3 Å². The second-order valence-electron chi connectivity index (χ2n) is 24.2. The van der Waals surface area contributed by atoms with E-state index in [1.54, 1.807) is 48.5 Å². The zero-order valence-corrected chi connectivity index (χ0v) is 61.3. The van der Waals surface area contributed by atoms with Gasteiger partial charge in [0.15, 0.2) is 11.6 Å². The van der Waals surface area contributed by atoms with Crippen molar-refractivity contribution in [3.8, 4) is 0 Å². The first-order valence-corrected chi connectivity index (χ1v) is 43.4. The van der Waals surface area contributed by atoms with E-state index in [9.17, 15) is 26.4 Å². The summed E-state index contributed by atoms with van der Waals surface area (Å²) in [5, 5.41) is 0. The standard InChI is InChI=1S/C43H34N2O3S.C16H16.C13H6Br2O3S.CH4.H8P6/c1-42(2)31-13-5-9-17-35(31)44(36-18-10-6-14-32(36)42)27-21-23-39-29(25-27)41(46)30-26-28(22-24-40(30)49(39,47)48)45-37-19-11-7-15-33(37)43(3,4)34-16-8-12-20-38(34)45;1-16(2)14-9-5-3-7-12(14)11-13-8-4-6-10-15(13)16;14-7-1-3-11-9(5-7)13(16)10-6-8(15)2-4-12(10)19(11,17)18;;1-5(2)6(3)4/h5-26H,1-4H3;3-10H,11H2,1-2H3;1-6H;1H4;1-4H2. The lowest BCUT2D eigenvalue weighted by Gasteiger charge is -2.42. The first-order valence-electron chi connectivity index (χ1n) is 29.0. The number of hydrogen-bond donors (Lipinski definition) is 0. The molecular weight excluding hydrogens is 1410 g/mol. The van der Waals surface area contributed by atoms with Crippen molar-refractivity contribution >= 4 is 147 Å². The van der Waals surface area contributed by atoms with Crippen LogP contribution in [0.1, 0.15) is 125 Å². The lowest BCUT2D eigenvalue weighted by atomic mass is 9.69. The molecule has 1 aliphatic carbocycles. The second kappa shape index (κ2) is 25.7. The molecule has 0 N–H and O–H groups in total. The van der Waals surface area contributed by atoms with Gasteiger partial charge in [-0.15, -0.1) is 35.7 Å². The normalized spacial score (nSPS) is 16.2. The van der Waals surface area contributed by atoms with Crippen LogP contribution in [0.5, 0.6) is 0 Å². The van der Waals surface area contributed by atoms with Crippen molar-refractivity contribution in [1.29, 1.82) is 0 Å². The number of ketones is 2. The van der Waals surface area contributed by atoms with E-state index < -0.39 is 19.7 Å². The molecule has 91 heavy (non-hydrogen) atoms. The molecule has 4 unspecified atom stereocenters. The number of hydrogen-bond acceptors (Lipinski definition) is 8. The summed E-state index contributed by atoms with van der Waals surface area (Å²) in [7, 11) is 3.56. The average molecular weight is 1480 g/mol. The summed E-state index contributed by atoms with van der Waals surface area (Å²) in [6.07, 6.45) is 1.08. The molecule has 0 radical (unpaired) electrons. The van der Waals surface area contributed by atoms with Gasteiger partial charge in [-0.3, -0.25) is 9.59 Å². The van der Waals surface area contributed by atoms with Crippen LogP contribution in [-0.2, 0) is 42.3 Å². The number of fused-ring (bicyclic) bond motifs is 10. The SMILES string of the molecule is C.CC1(C)c2ccccc2Cc2ccccc21.CC1(C)c2ccccc2N(c2ccc3c(c2)C(=O)c2cc(N4c5ccccc5C(C)(C)c5ccccc54)ccc2S3(=O)=O)c2ccccc21.O=C1c2cc(Br)ccc2S(=O)(=O)c2ccc(Br)cc21.PP(P)P(P)P. The number of anilines is 6. The largest absolute Gasteiger partial charge is 0.310 e. The first-order chi connectivity index (χ1) is 42.8. The summed E-state index contributed by atoms with van der Waals surface area (Å²) in [6, 6.07) is 70.3. The molecule has 0 spiro atoms. The molecule has 0 saturated heterocycles. The van der Waals surface area contributed by atoms with E-state index in [2.05, 4.69) is 216 Å². The Labute approximate surface area is 563 Å². The third kappa shape index (κ3) is 11.9. The van der Waals surface area contributed by atoms with Crippen LogP contribution in [0, 0.1) is 0 Å². The van der Waals surface area contributed by atoms with Crippen molar-refractivity contribution in [2.24, 2.45) is 0 Å². The van der Waals surface area contributed by atoms with E-state index in [-0.39, 0.29) is 91.0 Å². The highest BCUT2D eigenvalue weighted by Crippen LogP contribution is 2.86. The van der Waals surface area contributed by atoms with E-state index in [0.29, 0.717) is 8.95 Å². The van der Waals surface area contributed by atoms with Gasteiger partial charge in [-0.2, -0.15) is 0 Å². The predicted molar refractivity (Wildman–Crippen MR) is 400 cm³/mol. The number of rotatable bonds is 3. The number of carbonyl (C=O) groups is 2. The maximum Gasteiger partial charge on any atom is 0.208 e. The maximum atomic E-state index is 14.6. The Morgan fingerprint density at radius 3 is 0.923 bits per heavy atom. The fourth-order valence-electron chi connectivity index (χ4n) is 13.3. The van der Waals surface area contributed by atoms with E-state index in [1.165, 1.54) is 34.4 Å². The maximum absolute atomic E-state index is 14.6. The lowest BCUT2D eigenvalue weighted by Crippen LogP contribution is -2.31. The van der Waals surface area contributed by atoms with Crippen molar-refractivity contribution in [2.45, 2.75) is 91.2 Å². The third-order valence-electron chi connectivity index (χ3n) is 17.8. The van der Waals surface area contributed by atoms with E-state index in [1.807, 2.05) is 60.7 Å². The number of carbonyl (C=O) groups excluding carboxylic acids is 2. The Balaban J connectivity index is 0.000000164. The number of para-hydroxylation sites is 4. The van der Waals surface area contributed by atoms with Crippen LogP contribution in [0.15, 0.2) is 247 Å². The molecule has 4 aliphatic heterocycles. The summed E-state index contributed by atoms with van der Waals surface area (Å²) in [5.74, 6) is -0.580. The molecule has 4 heterocycles. The number of nitrogens with zero attached hydrogens (tertiary/aromatic N) is 2. The quantitative estimate of drug-likeness (QED) is 0.161. The molecule has 0 aromatic heterocycles. The predicted octanol–water partition coefficient (Wildman–Crippen LogP) is 21.4. The topological polar surface area (TPSA) is 109 Å². The molecule has 0 amide bonds. The second-order valence-corrected chi connectivity index (χ2v) is 49.5. The molecule has 15 rings (SSSR count). The molecule has 462 valence electrons. The van der Waals surface area contributed by atoms with Crippen LogP contribution in [0.4, 0.5) is 34.1 Å². The van der Waals surface area contributed by atoms with Crippen LogP contribution in [0.2, 0.25) is 0 Å². The highest BCUT2D eigenvalue weighted by atomic mass is 79.9. The van der Waals surface area contributed by atoms with Gasteiger partial charge in [0.25, 0.3) is 0 Å². The highest BCUT2D eigenvalue weighted by molar-refractivity contribution is 9.10. The molecule has 0 fully saturated rings. The van der Waals surface area contributed by atoms with Crippen molar-refractivity contribution in [3.05, 3.63) is 294 Å². The van der Waals surface area contributed by atoms with Crippen molar-refractivity contribution in [3.63, 3.8) is 0 Å². The van der Waals surface area contributed by atoms with Crippen LogP contribution in [0.25, 0.3) is 0 Å². The molecule has 18 heteroatoms. The molecule has 5 aliphatic rings. The van der Waals surface area contributed by atoms with Gasteiger partial charge in [-0.25, -0.2) is 16.8 Å². The first kappa shape index (κ1) is 67.0. The molecule has 10 aromatic rings. The Hall–Kier alpha value is -5.42. The zero-order chi connectivity index (χ0) is 64.0. The number of sulfone groups is 2. The van der Waals surface area contributed by atoms with Crippen molar-refractivity contribution in [2.75, 3.05) is 9.80 Å². The van der Waals surface area contributed by atoms with Gasteiger partial charge in [-0.1, -0.05) is 202 Å². The van der Waals surface area contributed by atoms with Crippen LogP contribution in [-0.4, -0.2) is 28.4 Å². The van der Waals surface area contributed by atoms with Crippen LogP contribution in [0.3, 0.4) is 0 Å². The smallest absolute Gasteiger partial charge is 0.208 e. The molecule has 0 bridgehead atoms. The fourth-order valence-corrected chi connectivity index (χ4v) is 17.3. The average Bonchev–Trinajstić information content (AvgIpc) is 0.753. The minimum absolute atomic E-state index is 0. The van der Waals surface area contributed by atoms with Gasteiger partial charge in [0, 0.05) is 58.8 Å². The van der Waals surface area contributed by atoms with Gasteiger partial charge >= 0.3 is 0 Å². The van der Waals surface area contributed by atoms with E-state index >= 15 is 0 Å². The Morgan fingerprint density at radius 1 is 0.363 bits per heavy atom. The van der Waals surface area contributed by atoms with E-state index in [0.717, 1.165) is 62.8 Å². The fraction of sp³-hybridized carbons (Fsp3) is 0.151. The highest BCUT2D eigenvalue weighted by Gasteiger charge is 2.42. The summed E-state index contributed by atoms with van der Waals surface area (Å²) >= 11 is 6.51. The molecule has 8 nitrogen and oxygen atoms in total.